The normalized spacial score (nSPS) is 24.7. The van der Waals surface area contributed by atoms with Gasteiger partial charge in [0.1, 0.15) is 0 Å². The molecule has 3 aromatic rings. The number of fused-ring (bicyclic) bond motifs is 3. The molecule has 1 atom stereocenters. The Hall–Kier alpha value is -2.14. The summed E-state index contributed by atoms with van der Waals surface area (Å²) in [5.74, 6) is 0.761. The molecular formula is C24H33N5O4S. The molecule has 1 N–H and O–H groups in total. The summed E-state index contributed by atoms with van der Waals surface area (Å²) in [7, 11) is -1.66. The van der Waals surface area contributed by atoms with Crippen LogP contribution in [0.15, 0.2) is 24.8 Å². The third-order valence-electron chi connectivity index (χ3n) is 7.28. The van der Waals surface area contributed by atoms with Crippen LogP contribution in [0.1, 0.15) is 50.1 Å². The SMILES string of the molecule is COCCOC1CCCN(S(=O)(=O)CC2CCC(c3[nH]cnc4cnc5nccc5c34)CC2)C1. The Morgan fingerprint density at radius 2 is 1.97 bits per heavy atom. The fourth-order valence-electron chi connectivity index (χ4n) is 5.51. The van der Waals surface area contributed by atoms with E-state index in [0.717, 1.165) is 60.5 Å². The average Bonchev–Trinajstić information content (AvgIpc) is 3.34. The number of nitrogens with one attached hydrogen (secondary N) is 1. The summed E-state index contributed by atoms with van der Waals surface area (Å²) in [6.45, 7) is 2.08. The maximum Gasteiger partial charge on any atom is 0.214 e. The molecule has 5 rings (SSSR count). The van der Waals surface area contributed by atoms with Gasteiger partial charge in [0.25, 0.3) is 0 Å². The molecule has 2 fully saturated rings. The van der Waals surface area contributed by atoms with Gasteiger partial charge in [-0.15, -0.1) is 0 Å². The smallest absolute Gasteiger partial charge is 0.214 e. The molecule has 1 saturated heterocycles. The van der Waals surface area contributed by atoms with Gasteiger partial charge in [0.05, 0.1) is 43.1 Å². The molecule has 0 spiro atoms. The molecule has 0 bridgehead atoms. The summed E-state index contributed by atoms with van der Waals surface area (Å²) in [5, 5.41) is 2.11. The highest BCUT2D eigenvalue weighted by atomic mass is 32.2. The number of aromatic nitrogens is 4. The number of hydrogen-bond donors (Lipinski definition) is 1. The molecule has 3 aromatic heterocycles. The van der Waals surface area contributed by atoms with E-state index < -0.39 is 10.0 Å². The molecule has 0 amide bonds. The first-order valence-corrected chi connectivity index (χ1v) is 13.8. The van der Waals surface area contributed by atoms with Gasteiger partial charge in [-0.2, -0.15) is 4.31 Å². The number of ether oxygens (including phenoxy) is 2. The van der Waals surface area contributed by atoms with Crippen molar-refractivity contribution in [2.75, 3.05) is 39.2 Å². The maximum absolute atomic E-state index is 13.2. The molecule has 4 heterocycles. The van der Waals surface area contributed by atoms with Crippen LogP contribution in [0.3, 0.4) is 0 Å². The number of sulfonamides is 1. The Morgan fingerprint density at radius 3 is 2.79 bits per heavy atom. The average molecular weight is 488 g/mol. The summed E-state index contributed by atoms with van der Waals surface area (Å²) in [6.07, 6.45) is 10.7. The second-order valence-corrected chi connectivity index (χ2v) is 11.5. The molecule has 184 valence electrons. The fourth-order valence-corrected chi connectivity index (χ4v) is 7.45. The first-order chi connectivity index (χ1) is 16.5. The van der Waals surface area contributed by atoms with E-state index >= 15 is 0 Å². The van der Waals surface area contributed by atoms with Crippen molar-refractivity contribution < 1.29 is 17.9 Å². The quantitative estimate of drug-likeness (QED) is 0.486. The van der Waals surface area contributed by atoms with Crippen molar-refractivity contribution in [2.45, 2.75) is 50.5 Å². The molecule has 1 aliphatic carbocycles. The molecule has 2 aliphatic rings. The molecule has 1 saturated carbocycles. The molecule has 34 heavy (non-hydrogen) atoms. The minimum Gasteiger partial charge on any atom is -0.382 e. The van der Waals surface area contributed by atoms with Gasteiger partial charge in [-0.25, -0.2) is 23.4 Å². The van der Waals surface area contributed by atoms with Crippen molar-refractivity contribution in [3.05, 3.63) is 30.5 Å². The highest BCUT2D eigenvalue weighted by Gasteiger charge is 2.33. The largest absolute Gasteiger partial charge is 0.382 e. The number of aromatic amines is 1. The van der Waals surface area contributed by atoms with Crippen molar-refractivity contribution in [1.82, 2.24) is 24.2 Å². The van der Waals surface area contributed by atoms with E-state index in [-0.39, 0.29) is 17.8 Å². The molecule has 10 heteroatoms. The molecular weight excluding hydrogens is 454 g/mol. The predicted molar refractivity (Wildman–Crippen MR) is 130 cm³/mol. The zero-order valence-electron chi connectivity index (χ0n) is 19.6. The van der Waals surface area contributed by atoms with Crippen LogP contribution in [0.5, 0.6) is 0 Å². The zero-order valence-corrected chi connectivity index (χ0v) is 20.5. The lowest BCUT2D eigenvalue weighted by Crippen LogP contribution is -2.45. The van der Waals surface area contributed by atoms with Crippen LogP contribution in [-0.4, -0.2) is 77.9 Å². The van der Waals surface area contributed by atoms with E-state index in [1.165, 1.54) is 5.69 Å². The second-order valence-electron chi connectivity index (χ2n) is 9.50. The Bertz CT molecular complexity index is 1220. The van der Waals surface area contributed by atoms with E-state index in [1.807, 2.05) is 6.07 Å². The Balaban J connectivity index is 1.22. The first kappa shape index (κ1) is 23.6. The standard InChI is InChI=1S/C24H33N5O4S/c1-32-11-12-33-19-3-2-10-29(14-19)34(30,31)15-17-4-6-18(7-5-17)23-22-20-8-9-25-24(20)26-13-21(22)27-16-28-23/h8-9,13,16-19H,2-7,10-12,14-15H2,1H3,(H,27,28). The Kier molecular flexibility index (Phi) is 7.10. The minimum absolute atomic E-state index is 0.0399. The minimum atomic E-state index is -3.30. The van der Waals surface area contributed by atoms with Gasteiger partial charge in [-0.1, -0.05) is 0 Å². The number of rotatable bonds is 8. The van der Waals surface area contributed by atoms with Gasteiger partial charge in [0.15, 0.2) is 5.65 Å². The topological polar surface area (TPSA) is 110 Å². The van der Waals surface area contributed by atoms with E-state index in [4.69, 9.17) is 9.47 Å². The van der Waals surface area contributed by atoms with Crippen molar-refractivity contribution in [1.29, 1.82) is 0 Å². The fraction of sp³-hybridized carbons (Fsp3) is 0.625. The maximum atomic E-state index is 13.2. The Labute approximate surface area is 200 Å². The number of nitrogens with zero attached hydrogens (tertiary/aromatic N) is 4. The van der Waals surface area contributed by atoms with Crippen LogP contribution >= 0.6 is 0 Å². The number of pyridine rings is 1. The van der Waals surface area contributed by atoms with Crippen LogP contribution in [0.4, 0.5) is 0 Å². The highest BCUT2D eigenvalue weighted by Crippen LogP contribution is 2.39. The number of piperidine rings is 1. The van der Waals surface area contributed by atoms with Gasteiger partial charge in [0, 0.05) is 42.9 Å². The molecule has 9 nitrogen and oxygen atoms in total. The van der Waals surface area contributed by atoms with E-state index in [0.29, 0.717) is 32.2 Å². The third-order valence-corrected chi connectivity index (χ3v) is 9.29. The third kappa shape index (κ3) is 4.95. The molecule has 0 radical (unpaired) electrons. The number of hydrogen-bond acceptors (Lipinski definition) is 7. The van der Waals surface area contributed by atoms with Gasteiger partial charge in [-0.3, -0.25) is 0 Å². The van der Waals surface area contributed by atoms with Gasteiger partial charge in [0.2, 0.25) is 10.0 Å². The van der Waals surface area contributed by atoms with E-state index in [1.54, 1.807) is 30.1 Å². The van der Waals surface area contributed by atoms with Crippen LogP contribution in [0.25, 0.3) is 21.9 Å². The van der Waals surface area contributed by atoms with Gasteiger partial charge >= 0.3 is 0 Å². The molecule has 0 aromatic carbocycles. The summed E-state index contributed by atoms with van der Waals surface area (Å²) >= 11 is 0. The van der Waals surface area contributed by atoms with E-state index in [9.17, 15) is 8.42 Å². The summed E-state index contributed by atoms with van der Waals surface area (Å²) < 4.78 is 38.9. The van der Waals surface area contributed by atoms with Crippen LogP contribution in [0.2, 0.25) is 0 Å². The van der Waals surface area contributed by atoms with Crippen LogP contribution in [-0.2, 0) is 19.5 Å². The summed E-state index contributed by atoms with van der Waals surface area (Å²) in [6, 6.07) is 1.99. The van der Waals surface area contributed by atoms with E-state index in [2.05, 4.69) is 19.9 Å². The van der Waals surface area contributed by atoms with Crippen LogP contribution < -0.4 is 0 Å². The second kappa shape index (κ2) is 10.2. The number of H-pyrrole nitrogens is 1. The highest BCUT2D eigenvalue weighted by molar-refractivity contribution is 7.89. The molecule has 1 unspecified atom stereocenters. The monoisotopic (exact) mass is 487 g/mol. The summed E-state index contributed by atoms with van der Waals surface area (Å²) in [4.78, 5) is 16.6. The van der Waals surface area contributed by atoms with Gasteiger partial charge in [-0.05, 0) is 56.4 Å². The lowest BCUT2D eigenvalue weighted by molar-refractivity contribution is -0.00658. The van der Waals surface area contributed by atoms with Gasteiger partial charge < -0.3 is 14.5 Å². The van der Waals surface area contributed by atoms with Crippen molar-refractivity contribution in [3.63, 3.8) is 0 Å². The lowest BCUT2D eigenvalue weighted by atomic mass is 9.80. The number of methoxy groups -OCH3 is 1. The molecule has 1 aliphatic heterocycles. The van der Waals surface area contributed by atoms with Crippen molar-refractivity contribution in [2.24, 2.45) is 5.92 Å². The zero-order chi connectivity index (χ0) is 23.5. The lowest BCUT2D eigenvalue weighted by Gasteiger charge is -2.34. The Morgan fingerprint density at radius 1 is 1.12 bits per heavy atom. The predicted octanol–water partition coefficient (Wildman–Crippen LogP) is 3.24. The van der Waals surface area contributed by atoms with Crippen molar-refractivity contribution in [3.8, 4) is 0 Å². The van der Waals surface area contributed by atoms with Crippen molar-refractivity contribution >= 4 is 32.0 Å². The van der Waals surface area contributed by atoms with Crippen LogP contribution in [0, 0.1) is 5.92 Å². The summed E-state index contributed by atoms with van der Waals surface area (Å²) in [5.41, 5.74) is 2.77. The first-order valence-electron chi connectivity index (χ1n) is 12.2.